The summed E-state index contributed by atoms with van der Waals surface area (Å²) >= 11 is 0. The zero-order chi connectivity index (χ0) is 18.9. The van der Waals surface area contributed by atoms with Gasteiger partial charge in [0.2, 0.25) is 0 Å². The Morgan fingerprint density at radius 1 is 1.19 bits per heavy atom. The zero-order valence-electron chi connectivity index (χ0n) is 15.2. The van der Waals surface area contributed by atoms with E-state index in [0.29, 0.717) is 12.0 Å². The van der Waals surface area contributed by atoms with Gasteiger partial charge < -0.3 is 10.2 Å². The molecular weight excluding hydrogens is 350 g/mol. The second-order valence-electron chi connectivity index (χ2n) is 6.85. The fourth-order valence-electron chi connectivity index (χ4n) is 3.06. The average molecular weight is 373 g/mol. The van der Waals surface area contributed by atoms with Crippen molar-refractivity contribution in [3.63, 3.8) is 0 Å². The molecule has 1 amide bonds. The van der Waals surface area contributed by atoms with Crippen LogP contribution in [-0.4, -0.2) is 43.9 Å². The van der Waals surface area contributed by atoms with Crippen molar-refractivity contribution in [2.75, 3.05) is 28.8 Å². The quantitative estimate of drug-likeness (QED) is 0.891. The molecule has 1 saturated heterocycles. The van der Waals surface area contributed by atoms with Crippen LogP contribution in [0.15, 0.2) is 36.7 Å². The third-order valence-corrected chi connectivity index (χ3v) is 6.66. The van der Waals surface area contributed by atoms with Gasteiger partial charge in [0.15, 0.2) is 9.84 Å². The Labute approximate surface area is 154 Å². The first kappa shape index (κ1) is 18.4. The normalized spacial score (nSPS) is 18.5. The third-order valence-electron chi connectivity index (χ3n) is 4.91. The third kappa shape index (κ3) is 4.04. The Morgan fingerprint density at radius 3 is 2.62 bits per heavy atom. The number of nitrogens with one attached hydrogen (secondary N) is 1. The van der Waals surface area contributed by atoms with Crippen LogP contribution in [0.1, 0.15) is 27.9 Å². The maximum absolute atomic E-state index is 12.5. The Balaban J connectivity index is 1.76. The van der Waals surface area contributed by atoms with Gasteiger partial charge in [-0.15, -0.1) is 0 Å². The topological polar surface area (TPSA) is 79.4 Å². The van der Waals surface area contributed by atoms with Crippen molar-refractivity contribution >= 4 is 27.1 Å². The van der Waals surface area contributed by atoms with E-state index in [2.05, 4.69) is 10.3 Å². The number of aromatic nitrogens is 1. The van der Waals surface area contributed by atoms with Gasteiger partial charge in [-0.3, -0.25) is 9.78 Å². The van der Waals surface area contributed by atoms with Crippen molar-refractivity contribution in [3.05, 3.63) is 53.3 Å². The summed E-state index contributed by atoms with van der Waals surface area (Å²) in [5, 5.41) is 2.88. The largest absolute Gasteiger partial charge is 0.369 e. The minimum absolute atomic E-state index is 0.0835. The molecule has 1 aliphatic rings. The molecular formula is C19H23N3O3S. The number of carbonyl (C=O) groups excluding carboxylic acids is 1. The highest BCUT2D eigenvalue weighted by molar-refractivity contribution is 7.91. The first-order chi connectivity index (χ1) is 12.2. The number of amides is 1. The Bertz CT molecular complexity index is 941. The zero-order valence-corrected chi connectivity index (χ0v) is 16.0. The SMILES string of the molecule is Cc1ccc(NC(=O)c2cncc(N(C)C3CCS(=O)(=O)C3)c2)cc1C. The van der Waals surface area contributed by atoms with Crippen molar-refractivity contribution in [2.45, 2.75) is 26.3 Å². The molecule has 0 saturated carbocycles. The molecule has 1 aromatic heterocycles. The summed E-state index contributed by atoms with van der Waals surface area (Å²) < 4.78 is 23.4. The van der Waals surface area contributed by atoms with Crippen molar-refractivity contribution in [2.24, 2.45) is 0 Å². The molecule has 1 atom stereocenters. The van der Waals surface area contributed by atoms with Gasteiger partial charge in [-0.1, -0.05) is 6.07 Å². The van der Waals surface area contributed by atoms with E-state index in [1.54, 1.807) is 12.3 Å². The van der Waals surface area contributed by atoms with Crippen molar-refractivity contribution < 1.29 is 13.2 Å². The summed E-state index contributed by atoms with van der Waals surface area (Å²) in [6, 6.07) is 7.43. The minimum atomic E-state index is -2.96. The molecule has 138 valence electrons. The van der Waals surface area contributed by atoms with E-state index in [4.69, 9.17) is 0 Å². The number of rotatable bonds is 4. The number of nitrogens with zero attached hydrogens (tertiary/aromatic N) is 2. The van der Waals surface area contributed by atoms with Crippen LogP contribution in [0.3, 0.4) is 0 Å². The summed E-state index contributed by atoms with van der Waals surface area (Å²) in [7, 11) is -1.12. The number of benzene rings is 1. The smallest absolute Gasteiger partial charge is 0.257 e. The summed E-state index contributed by atoms with van der Waals surface area (Å²) in [5.41, 5.74) is 4.18. The molecule has 2 aromatic rings. The van der Waals surface area contributed by atoms with E-state index < -0.39 is 9.84 Å². The fraction of sp³-hybridized carbons (Fsp3) is 0.368. The first-order valence-electron chi connectivity index (χ1n) is 8.52. The number of sulfone groups is 1. The highest BCUT2D eigenvalue weighted by atomic mass is 32.2. The highest BCUT2D eigenvalue weighted by Crippen LogP contribution is 2.23. The molecule has 1 aliphatic heterocycles. The Morgan fingerprint density at radius 2 is 1.96 bits per heavy atom. The van der Waals surface area contributed by atoms with Crippen molar-refractivity contribution in [1.82, 2.24) is 4.98 Å². The summed E-state index contributed by atoms with van der Waals surface area (Å²) in [6.45, 7) is 4.02. The van der Waals surface area contributed by atoms with Crippen molar-refractivity contribution in [1.29, 1.82) is 0 Å². The number of aryl methyl sites for hydroxylation is 2. The molecule has 1 aromatic carbocycles. The number of hydrogen-bond acceptors (Lipinski definition) is 5. The highest BCUT2D eigenvalue weighted by Gasteiger charge is 2.31. The standard InChI is InChI=1S/C19H23N3O3S/c1-13-4-5-16(8-14(13)2)21-19(23)15-9-18(11-20-10-15)22(3)17-6-7-26(24,25)12-17/h4-5,8-11,17H,6-7,12H2,1-3H3,(H,21,23). The molecule has 1 unspecified atom stereocenters. The maximum Gasteiger partial charge on any atom is 0.257 e. The van der Waals surface area contributed by atoms with Crippen molar-refractivity contribution in [3.8, 4) is 0 Å². The van der Waals surface area contributed by atoms with Crippen LogP contribution >= 0.6 is 0 Å². The minimum Gasteiger partial charge on any atom is -0.369 e. The van der Waals surface area contributed by atoms with Crippen LogP contribution < -0.4 is 10.2 Å². The van der Waals surface area contributed by atoms with E-state index >= 15 is 0 Å². The number of anilines is 2. The lowest BCUT2D eigenvalue weighted by molar-refractivity contribution is 0.102. The molecule has 0 radical (unpaired) electrons. The predicted octanol–water partition coefficient (Wildman–Crippen LogP) is 2.57. The van der Waals surface area contributed by atoms with Gasteiger partial charge in [0, 0.05) is 25.0 Å². The molecule has 7 heteroatoms. The van der Waals surface area contributed by atoms with E-state index in [0.717, 1.165) is 16.9 Å². The Hall–Kier alpha value is -2.41. The van der Waals surface area contributed by atoms with Crippen LogP contribution in [0.2, 0.25) is 0 Å². The van der Waals surface area contributed by atoms with E-state index in [1.165, 1.54) is 11.8 Å². The van der Waals surface area contributed by atoms with Crippen LogP contribution in [-0.2, 0) is 9.84 Å². The van der Waals surface area contributed by atoms with Crippen LogP contribution in [0, 0.1) is 13.8 Å². The van der Waals surface area contributed by atoms with E-state index in [9.17, 15) is 13.2 Å². The second kappa shape index (κ2) is 7.07. The van der Waals surface area contributed by atoms with Gasteiger partial charge >= 0.3 is 0 Å². The van der Waals surface area contributed by atoms with E-state index in [-0.39, 0.29) is 23.5 Å². The summed E-state index contributed by atoms with van der Waals surface area (Å²) in [6.07, 6.45) is 3.76. The lowest BCUT2D eigenvalue weighted by Crippen LogP contribution is -2.32. The Kier molecular flexibility index (Phi) is 5.00. The van der Waals surface area contributed by atoms with Gasteiger partial charge in [0.1, 0.15) is 0 Å². The molecule has 1 fully saturated rings. The van der Waals surface area contributed by atoms with Gasteiger partial charge in [-0.05, 0) is 49.6 Å². The van der Waals surface area contributed by atoms with Crippen LogP contribution in [0.25, 0.3) is 0 Å². The maximum atomic E-state index is 12.5. The molecule has 0 bridgehead atoms. The molecule has 1 N–H and O–H groups in total. The van der Waals surface area contributed by atoms with Gasteiger partial charge in [0.05, 0.1) is 29.0 Å². The fourth-order valence-corrected chi connectivity index (χ4v) is 4.83. The second-order valence-corrected chi connectivity index (χ2v) is 9.08. The molecule has 0 spiro atoms. The predicted molar refractivity (Wildman–Crippen MR) is 104 cm³/mol. The van der Waals surface area contributed by atoms with Crippen LogP contribution in [0.4, 0.5) is 11.4 Å². The number of hydrogen-bond donors (Lipinski definition) is 1. The molecule has 26 heavy (non-hydrogen) atoms. The number of pyridine rings is 1. The summed E-state index contributed by atoms with van der Waals surface area (Å²) in [5.74, 6) is 0.111. The monoisotopic (exact) mass is 373 g/mol. The average Bonchev–Trinajstić information content (AvgIpc) is 2.97. The molecule has 3 rings (SSSR count). The molecule has 0 aliphatic carbocycles. The van der Waals surface area contributed by atoms with Crippen LogP contribution in [0.5, 0.6) is 0 Å². The van der Waals surface area contributed by atoms with Gasteiger partial charge in [0.25, 0.3) is 5.91 Å². The van der Waals surface area contributed by atoms with Gasteiger partial charge in [-0.25, -0.2) is 8.42 Å². The molecule has 6 nitrogen and oxygen atoms in total. The van der Waals surface area contributed by atoms with E-state index in [1.807, 2.05) is 44.0 Å². The lowest BCUT2D eigenvalue weighted by Gasteiger charge is -2.25. The number of carbonyl (C=O) groups is 1. The lowest BCUT2D eigenvalue weighted by atomic mass is 10.1. The first-order valence-corrected chi connectivity index (χ1v) is 10.3. The molecule has 2 heterocycles. The summed E-state index contributed by atoms with van der Waals surface area (Å²) in [4.78, 5) is 18.6. The van der Waals surface area contributed by atoms with Gasteiger partial charge in [-0.2, -0.15) is 0 Å².